The monoisotopic (exact) mass is 806 g/mol. The number of rotatable bonds is 7. The first-order valence-corrected chi connectivity index (χ1v) is 22.0. The van der Waals surface area contributed by atoms with Crippen molar-refractivity contribution in [2.75, 3.05) is 0 Å². The zero-order chi connectivity index (χ0) is 41.0. The van der Waals surface area contributed by atoms with E-state index in [-0.39, 0.29) is 0 Å². The molecule has 11 aromatic rings. The van der Waals surface area contributed by atoms with E-state index in [2.05, 4.69) is 231 Å². The zero-order valence-corrected chi connectivity index (χ0v) is 34.6. The smallest absolute Gasteiger partial charge is 0.160 e. The van der Waals surface area contributed by atoms with Crippen LogP contribution in [0.5, 0.6) is 0 Å². The topological polar surface area (TPSA) is 25.8 Å². The largest absolute Gasteiger partial charge is 0.228 e. The number of nitrogens with zero attached hydrogens (tertiary/aromatic N) is 2. The average Bonchev–Trinajstić information content (AvgIpc) is 3.89. The van der Waals surface area contributed by atoms with Crippen molar-refractivity contribution < 1.29 is 0 Å². The molecular formula is C59H38N2S. The second kappa shape index (κ2) is 14.8. The van der Waals surface area contributed by atoms with E-state index in [0.717, 1.165) is 39.2 Å². The van der Waals surface area contributed by atoms with Gasteiger partial charge in [0.2, 0.25) is 0 Å². The van der Waals surface area contributed by atoms with Crippen molar-refractivity contribution in [3.8, 4) is 67.3 Å². The molecule has 9 aromatic carbocycles. The van der Waals surface area contributed by atoms with Crippen molar-refractivity contribution in [1.29, 1.82) is 0 Å². The summed E-state index contributed by atoms with van der Waals surface area (Å²) < 4.78 is 2.49. The molecule has 0 saturated heterocycles. The van der Waals surface area contributed by atoms with Crippen molar-refractivity contribution in [3.05, 3.63) is 253 Å². The van der Waals surface area contributed by atoms with Crippen LogP contribution < -0.4 is 0 Å². The highest BCUT2D eigenvalue weighted by atomic mass is 32.1. The van der Waals surface area contributed by atoms with Crippen LogP contribution in [0.2, 0.25) is 0 Å². The molecule has 0 fully saturated rings. The van der Waals surface area contributed by atoms with Gasteiger partial charge in [0.25, 0.3) is 0 Å². The summed E-state index contributed by atoms with van der Waals surface area (Å²) in [7, 11) is 0. The Hall–Kier alpha value is -7.72. The highest BCUT2D eigenvalue weighted by molar-refractivity contribution is 7.26. The van der Waals surface area contributed by atoms with E-state index < -0.39 is 5.41 Å². The van der Waals surface area contributed by atoms with Crippen LogP contribution in [-0.2, 0) is 5.41 Å². The van der Waals surface area contributed by atoms with E-state index in [1.54, 1.807) is 0 Å². The number of fused-ring (bicyclic) bond motifs is 6. The third kappa shape index (κ3) is 5.70. The summed E-state index contributed by atoms with van der Waals surface area (Å²) in [5.41, 5.74) is 16.3. The lowest BCUT2D eigenvalue weighted by molar-refractivity contribution is 0.769. The van der Waals surface area contributed by atoms with Crippen LogP contribution in [0.25, 0.3) is 87.5 Å². The minimum Gasteiger partial charge on any atom is -0.228 e. The molecule has 3 heteroatoms. The summed E-state index contributed by atoms with van der Waals surface area (Å²) in [4.78, 5) is 11.3. The van der Waals surface area contributed by atoms with Crippen LogP contribution in [0.4, 0.5) is 0 Å². The van der Waals surface area contributed by atoms with E-state index in [1.165, 1.54) is 64.7 Å². The molecule has 2 heterocycles. The molecule has 62 heavy (non-hydrogen) atoms. The molecule has 1 aliphatic carbocycles. The maximum Gasteiger partial charge on any atom is 0.160 e. The fraction of sp³-hybridized carbons (Fsp3) is 0.0169. The summed E-state index contributed by atoms with van der Waals surface area (Å²) >= 11 is 1.83. The molecule has 1 aliphatic rings. The Balaban J connectivity index is 1.14. The van der Waals surface area contributed by atoms with Crippen LogP contribution in [0, 0.1) is 0 Å². The summed E-state index contributed by atoms with van der Waals surface area (Å²) in [5.74, 6) is 0.700. The van der Waals surface area contributed by atoms with Gasteiger partial charge in [0, 0.05) is 36.9 Å². The van der Waals surface area contributed by atoms with Gasteiger partial charge in [0.15, 0.2) is 5.82 Å². The van der Waals surface area contributed by atoms with Crippen molar-refractivity contribution in [3.63, 3.8) is 0 Å². The van der Waals surface area contributed by atoms with Crippen LogP contribution in [-0.4, -0.2) is 9.97 Å². The van der Waals surface area contributed by atoms with Crippen molar-refractivity contribution in [2.45, 2.75) is 5.41 Å². The molecule has 0 bridgehead atoms. The number of thiophene rings is 1. The molecule has 0 N–H and O–H groups in total. The van der Waals surface area contributed by atoms with Crippen LogP contribution in [0.1, 0.15) is 22.3 Å². The molecule has 0 saturated carbocycles. The molecule has 2 aromatic heterocycles. The number of hydrogen-bond acceptors (Lipinski definition) is 3. The van der Waals surface area contributed by atoms with Gasteiger partial charge in [0.1, 0.15) is 0 Å². The van der Waals surface area contributed by atoms with Gasteiger partial charge in [0.05, 0.1) is 16.8 Å². The molecule has 0 radical (unpaired) electrons. The Labute approximate surface area is 365 Å². The summed E-state index contributed by atoms with van der Waals surface area (Å²) in [6.07, 6.45) is 0. The standard InChI is InChI=1S/C59H38N2S/c1-4-18-39(19-5-1)40-34-36-41(37-35-40)44-24-10-11-26-46(44)53-38-54(50-30-17-29-49-47-27-13-15-33-55(47)62-57(49)50)61-58(60-53)51-31-16-28-48-45-25-12-14-32-52(45)59(56(48)51,42-20-6-2-7-21-42)43-22-8-3-9-23-43/h1-38H. The van der Waals surface area contributed by atoms with Crippen molar-refractivity contribution in [1.82, 2.24) is 9.97 Å². The summed E-state index contributed by atoms with van der Waals surface area (Å²) in [5, 5.41) is 2.51. The highest BCUT2D eigenvalue weighted by Crippen LogP contribution is 2.58. The Morgan fingerprint density at radius 1 is 0.339 bits per heavy atom. The lowest BCUT2D eigenvalue weighted by Gasteiger charge is -2.35. The minimum atomic E-state index is -0.617. The number of aromatic nitrogens is 2. The van der Waals surface area contributed by atoms with Gasteiger partial charge >= 0.3 is 0 Å². The molecule has 0 spiro atoms. The van der Waals surface area contributed by atoms with Gasteiger partial charge in [-0.05, 0) is 67.8 Å². The molecule has 0 atom stereocenters. The Morgan fingerprint density at radius 2 is 0.839 bits per heavy atom. The normalized spacial score (nSPS) is 12.6. The molecule has 290 valence electrons. The van der Waals surface area contributed by atoms with E-state index in [0.29, 0.717) is 5.82 Å². The van der Waals surface area contributed by atoms with Gasteiger partial charge < -0.3 is 0 Å². The van der Waals surface area contributed by atoms with Crippen molar-refractivity contribution >= 4 is 31.5 Å². The Kier molecular flexibility index (Phi) is 8.62. The second-order valence-corrected chi connectivity index (χ2v) is 17.0. The second-order valence-electron chi connectivity index (χ2n) is 16.0. The zero-order valence-electron chi connectivity index (χ0n) is 33.7. The van der Waals surface area contributed by atoms with Gasteiger partial charge in [-0.1, -0.05) is 218 Å². The average molecular weight is 807 g/mol. The molecular weight excluding hydrogens is 769 g/mol. The van der Waals surface area contributed by atoms with E-state index in [9.17, 15) is 0 Å². The minimum absolute atomic E-state index is 0.617. The first kappa shape index (κ1) is 36.2. The number of benzene rings is 9. The molecule has 0 unspecified atom stereocenters. The van der Waals surface area contributed by atoms with Gasteiger partial charge in [-0.3, -0.25) is 0 Å². The van der Waals surface area contributed by atoms with Crippen molar-refractivity contribution in [2.24, 2.45) is 0 Å². The molecule has 2 nitrogen and oxygen atoms in total. The molecule has 12 rings (SSSR count). The van der Waals surface area contributed by atoms with Crippen LogP contribution in [0.15, 0.2) is 231 Å². The van der Waals surface area contributed by atoms with E-state index in [4.69, 9.17) is 9.97 Å². The Morgan fingerprint density at radius 3 is 1.58 bits per heavy atom. The quantitative estimate of drug-likeness (QED) is 0.160. The fourth-order valence-corrected chi connectivity index (χ4v) is 11.1. The first-order valence-electron chi connectivity index (χ1n) is 21.2. The number of hydrogen-bond donors (Lipinski definition) is 0. The van der Waals surface area contributed by atoms with E-state index >= 15 is 0 Å². The predicted octanol–water partition coefficient (Wildman–Crippen LogP) is 15.5. The van der Waals surface area contributed by atoms with Gasteiger partial charge in [-0.15, -0.1) is 11.3 Å². The maximum atomic E-state index is 5.66. The third-order valence-electron chi connectivity index (χ3n) is 12.6. The Bertz CT molecular complexity index is 3400. The molecule has 0 amide bonds. The maximum absolute atomic E-state index is 5.66. The van der Waals surface area contributed by atoms with Gasteiger partial charge in [-0.2, -0.15) is 0 Å². The SMILES string of the molecule is c1ccc(-c2ccc(-c3ccccc3-c3cc(-c4cccc5c4sc4ccccc45)nc(-c4cccc5c4C(c4ccccc4)(c4ccccc4)c4ccccc4-5)n3)cc2)cc1. The summed E-state index contributed by atoms with van der Waals surface area (Å²) in [6.45, 7) is 0. The van der Waals surface area contributed by atoms with Crippen LogP contribution in [0.3, 0.4) is 0 Å². The summed E-state index contributed by atoms with van der Waals surface area (Å²) in [6, 6.07) is 83.3. The lowest BCUT2D eigenvalue weighted by atomic mass is 9.66. The fourth-order valence-electron chi connectivity index (χ4n) is 9.91. The third-order valence-corrected chi connectivity index (χ3v) is 13.8. The predicted molar refractivity (Wildman–Crippen MR) is 259 cm³/mol. The first-order chi connectivity index (χ1) is 30.8. The highest BCUT2D eigenvalue weighted by Gasteiger charge is 2.47. The molecule has 0 aliphatic heterocycles. The van der Waals surface area contributed by atoms with E-state index in [1.807, 2.05) is 11.3 Å². The van der Waals surface area contributed by atoms with Gasteiger partial charge in [-0.25, -0.2) is 9.97 Å². The van der Waals surface area contributed by atoms with Crippen LogP contribution >= 0.6 is 11.3 Å². The lowest BCUT2D eigenvalue weighted by Crippen LogP contribution is -2.29.